The summed E-state index contributed by atoms with van der Waals surface area (Å²) < 4.78 is 25.8. The fourth-order valence-corrected chi connectivity index (χ4v) is 4.51. The molecule has 0 atom stereocenters. The first-order chi connectivity index (χ1) is 13.6. The van der Waals surface area contributed by atoms with Crippen molar-refractivity contribution in [1.29, 1.82) is 0 Å². The molecule has 1 aromatic heterocycles. The average molecular weight is 394 g/mol. The fraction of sp³-hybridized carbons (Fsp3) is 0.174. The number of rotatable bonds is 5. The van der Waals surface area contributed by atoms with E-state index < -0.39 is 5.82 Å². The Morgan fingerprint density at radius 2 is 2.00 bits per heavy atom. The number of aryl methyl sites for hydroxylation is 1. The summed E-state index contributed by atoms with van der Waals surface area (Å²) in [7, 11) is 0. The van der Waals surface area contributed by atoms with Crippen LogP contribution in [0.15, 0.2) is 48.0 Å². The summed E-state index contributed by atoms with van der Waals surface area (Å²) in [4.78, 5) is 13.2. The summed E-state index contributed by atoms with van der Waals surface area (Å²) in [6.45, 7) is 4.70. The first-order valence-electron chi connectivity index (χ1n) is 8.96. The molecule has 0 N–H and O–H groups in total. The minimum Gasteiger partial charge on any atom is -0.488 e. The van der Waals surface area contributed by atoms with E-state index in [-0.39, 0.29) is 12.2 Å². The highest BCUT2D eigenvalue weighted by Gasteiger charge is 2.18. The smallest absolute Gasteiger partial charge is 0.149 e. The first kappa shape index (κ1) is 18.4. The molecule has 0 fully saturated rings. The summed E-state index contributed by atoms with van der Waals surface area (Å²) in [6.07, 6.45) is 2.20. The van der Waals surface area contributed by atoms with Gasteiger partial charge in [-0.05, 0) is 36.6 Å². The van der Waals surface area contributed by atoms with Gasteiger partial charge in [-0.25, -0.2) is 4.39 Å². The van der Waals surface area contributed by atoms with E-state index in [1.165, 1.54) is 33.7 Å². The monoisotopic (exact) mass is 394 g/mol. The number of carbonyl (C=O) groups is 1. The normalized spacial score (nSPS) is 12.8. The molecule has 3 nitrogen and oxygen atoms in total. The summed E-state index contributed by atoms with van der Waals surface area (Å²) >= 11 is 1.69. The topological polar surface area (TPSA) is 35.5 Å². The molecule has 0 radical (unpaired) electrons. The third-order valence-electron chi connectivity index (χ3n) is 4.79. The molecule has 0 spiro atoms. The van der Waals surface area contributed by atoms with Gasteiger partial charge in [0.15, 0.2) is 0 Å². The van der Waals surface area contributed by atoms with Gasteiger partial charge in [0.2, 0.25) is 0 Å². The van der Waals surface area contributed by atoms with Crippen molar-refractivity contribution >= 4 is 23.7 Å². The molecule has 3 aromatic rings. The number of hydrogen-bond acceptors (Lipinski definition) is 4. The summed E-state index contributed by atoms with van der Waals surface area (Å²) in [5.41, 5.74) is 4.30. The lowest BCUT2D eigenvalue weighted by Crippen LogP contribution is -2.09. The SMILES string of the molecule is Cc1sc(COc2cc(F)c3c(c2)OCC(C=O)=C3)c(C)c1-c1ccccc1. The molecule has 1 aliphatic rings. The molecule has 28 heavy (non-hydrogen) atoms. The second-order valence-corrected chi connectivity index (χ2v) is 7.99. The van der Waals surface area contributed by atoms with Crippen LogP contribution in [0, 0.1) is 19.7 Å². The molecule has 1 aliphatic heterocycles. The highest BCUT2D eigenvalue weighted by molar-refractivity contribution is 7.12. The van der Waals surface area contributed by atoms with Crippen LogP contribution in [0.5, 0.6) is 11.5 Å². The van der Waals surface area contributed by atoms with Gasteiger partial charge in [-0.3, -0.25) is 4.79 Å². The van der Waals surface area contributed by atoms with Crippen molar-refractivity contribution in [3.63, 3.8) is 0 Å². The summed E-state index contributed by atoms with van der Waals surface area (Å²) in [6, 6.07) is 13.3. The zero-order chi connectivity index (χ0) is 19.7. The molecule has 5 heteroatoms. The molecule has 0 saturated heterocycles. The number of fused-ring (bicyclic) bond motifs is 1. The maximum atomic E-state index is 14.4. The second-order valence-electron chi connectivity index (χ2n) is 6.68. The Bertz CT molecular complexity index is 1070. The maximum absolute atomic E-state index is 14.4. The Morgan fingerprint density at radius 1 is 1.21 bits per heavy atom. The van der Waals surface area contributed by atoms with Crippen molar-refractivity contribution in [2.75, 3.05) is 6.61 Å². The number of carbonyl (C=O) groups excluding carboxylic acids is 1. The molecular weight excluding hydrogens is 375 g/mol. The molecule has 2 aromatic carbocycles. The third-order valence-corrected chi connectivity index (χ3v) is 5.98. The van der Waals surface area contributed by atoms with Gasteiger partial charge in [0, 0.05) is 27.5 Å². The van der Waals surface area contributed by atoms with Crippen LogP contribution >= 0.6 is 11.3 Å². The maximum Gasteiger partial charge on any atom is 0.149 e. The fourth-order valence-electron chi connectivity index (χ4n) is 3.40. The molecule has 0 unspecified atom stereocenters. The minimum absolute atomic E-state index is 0.142. The van der Waals surface area contributed by atoms with Crippen LogP contribution in [0.25, 0.3) is 17.2 Å². The molecule has 0 aliphatic carbocycles. The van der Waals surface area contributed by atoms with Crippen molar-refractivity contribution in [2.45, 2.75) is 20.5 Å². The van der Waals surface area contributed by atoms with Crippen LogP contribution in [0.4, 0.5) is 4.39 Å². The van der Waals surface area contributed by atoms with Gasteiger partial charge in [-0.15, -0.1) is 11.3 Å². The van der Waals surface area contributed by atoms with E-state index in [4.69, 9.17) is 9.47 Å². The van der Waals surface area contributed by atoms with E-state index in [2.05, 4.69) is 26.0 Å². The van der Waals surface area contributed by atoms with E-state index in [1.807, 2.05) is 18.2 Å². The van der Waals surface area contributed by atoms with Gasteiger partial charge in [-0.1, -0.05) is 30.3 Å². The summed E-state index contributed by atoms with van der Waals surface area (Å²) in [5.74, 6) is 0.339. The van der Waals surface area contributed by atoms with Crippen LogP contribution in [-0.2, 0) is 11.4 Å². The number of thiophene rings is 1. The molecule has 2 heterocycles. The van der Waals surface area contributed by atoms with E-state index in [9.17, 15) is 9.18 Å². The number of halogens is 1. The Hall–Kier alpha value is -2.92. The minimum atomic E-state index is -0.462. The van der Waals surface area contributed by atoms with Crippen LogP contribution in [0.2, 0.25) is 0 Å². The Balaban J connectivity index is 1.57. The standard InChI is InChI=1S/C23H19FO3S/c1-14-22(28-15(2)23(14)17-6-4-3-5-7-17)13-26-18-9-20(24)19-8-16(11-25)12-27-21(19)10-18/h3-11H,12-13H2,1-2H3. The lowest BCUT2D eigenvalue weighted by atomic mass is 10.0. The van der Waals surface area contributed by atoms with Crippen molar-refractivity contribution in [1.82, 2.24) is 0 Å². The van der Waals surface area contributed by atoms with Crippen LogP contribution < -0.4 is 9.47 Å². The average Bonchev–Trinajstić information content (AvgIpc) is 3.00. The van der Waals surface area contributed by atoms with Gasteiger partial charge >= 0.3 is 0 Å². The Labute approximate surface area is 167 Å². The predicted octanol–water partition coefficient (Wildman–Crippen LogP) is 5.72. The number of ether oxygens (including phenoxy) is 2. The number of hydrogen-bond donors (Lipinski definition) is 0. The Morgan fingerprint density at radius 3 is 2.75 bits per heavy atom. The third kappa shape index (κ3) is 3.45. The van der Waals surface area contributed by atoms with E-state index >= 15 is 0 Å². The van der Waals surface area contributed by atoms with E-state index in [1.54, 1.807) is 17.4 Å². The quantitative estimate of drug-likeness (QED) is 0.519. The van der Waals surface area contributed by atoms with Crippen molar-refractivity contribution in [2.24, 2.45) is 0 Å². The van der Waals surface area contributed by atoms with Crippen molar-refractivity contribution in [3.05, 3.63) is 74.7 Å². The van der Waals surface area contributed by atoms with Gasteiger partial charge in [0.25, 0.3) is 0 Å². The van der Waals surface area contributed by atoms with Crippen LogP contribution in [0.1, 0.15) is 20.9 Å². The zero-order valence-electron chi connectivity index (χ0n) is 15.6. The zero-order valence-corrected chi connectivity index (χ0v) is 16.4. The van der Waals surface area contributed by atoms with Crippen LogP contribution in [0.3, 0.4) is 0 Å². The lowest BCUT2D eigenvalue weighted by Gasteiger charge is -2.17. The predicted molar refractivity (Wildman–Crippen MR) is 109 cm³/mol. The molecule has 142 valence electrons. The van der Waals surface area contributed by atoms with Crippen molar-refractivity contribution < 1.29 is 18.7 Å². The highest BCUT2D eigenvalue weighted by atomic mass is 32.1. The Kier molecular flexibility index (Phi) is 5.01. The largest absolute Gasteiger partial charge is 0.488 e. The molecule has 0 amide bonds. The van der Waals surface area contributed by atoms with Gasteiger partial charge in [0.05, 0.1) is 5.56 Å². The van der Waals surface area contributed by atoms with Gasteiger partial charge < -0.3 is 9.47 Å². The van der Waals surface area contributed by atoms with E-state index in [0.717, 1.165) is 4.88 Å². The van der Waals surface area contributed by atoms with Crippen molar-refractivity contribution in [3.8, 4) is 22.6 Å². The van der Waals surface area contributed by atoms with Gasteiger partial charge in [-0.2, -0.15) is 0 Å². The van der Waals surface area contributed by atoms with Gasteiger partial charge in [0.1, 0.15) is 36.8 Å². The summed E-state index contributed by atoms with van der Waals surface area (Å²) in [5, 5.41) is 0. The molecule has 4 rings (SSSR count). The van der Waals surface area contributed by atoms with E-state index in [0.29, 0.717) is 30.0 Å². The molecule has 0 bridgehead atoms. The lowest BCUT2D eigenvalue weighted by molar-refractivity contribution is -0.105. The molecule has 0 saturated carbocycles. The number of benzene rings is 2. The number of aldehydes is 1. The second kappa shape index (κ2) is 7.60. The molecular formula is C23H19FO3S. The van der Waals surface area contributed by atoms with Crippen LogP contribution in [-0.4, -0.2) is 12.9 Å². The highest BCUT2D eigenvalue weighted by Crippen LogP contribution is 2.37. The first-order valence-corrected chi connectivity index (χ1v) is 9.77.